The molecule has 15 heteroatoms. The average molecular weight is 721 g/mol. The number of piperidine rings is 1. The number of hydrogen-bond acceptors (Lipinski definition) is 7. The lowest BCUT2D eigenvalue weighted by Crippen LogP contribution is -2.60. The number of carbonyl (C=O) groups excluding carboxylic acids is 6. The molecule has 1 saturated heterocycles. The van der Waals surface area contributed by atoms with Crippen molar-refractivity contribution < 1.29 is 38.7 Å². The fourth-order valence-electron chi connectivity index (χ4n) is 6.04. The van der Waals surface area contributed by atoms with Gasteiger partial charge in [0.15, 0.2) is 0 Å². The maximum Gasteiger partial charge on any atom is 0.303 e. The smallest absolute Gasteiger partial charge is 0.303 e. The van der Waals surface area contributed by atoms with E-state index in [4.69, 9.17) is 23.1 Å². The van der Waals surface area contributed by atoms with Crippen LogP contribution in [0.1, 0.15) is 53.6 Å². The number of hydrogen-bond donors (Lipinski definition) is 6. The highest BCUT2D eigenvalue weighted by Gasteiger charge is 2.38. The summed E-state index contributed by atoms with van der Waals surface area (Å²) in [6, 6.07) is 14.7. The first-order valence-corrected chi connectivity index (χ1v) is 17.0. The van der Waals surface area contributed by atoms with Crippen molar-refractivity contribution in [1.29, 1.82) is 0 Å². The van der Waals surface area contributed by atoms with E-state index >= 15 is 0 Å². The SMILES string of the molecule is NC(=O)c1ccc(C[C@H](NC(=O)C(Cc2ccc3ccccc3c2)NC(=O)[C@@H]2CCCCN2C(=O)[C@H](CCC(=O)O)NC(=O)CCl)C(N)=O)cc1. The maximum atomic E-state index is 14.0. The van der Waals surface area contributed by atoms with Crippen LogP contribution in [-0.4, -0.2) is 88.0 Å². The van der Waals surface area contributed by atoms with E-state index in [-0.39, 0.29) is 37.8 Å². The third-order valence-corrected chi connectivity index (χ3v) is 8.96. The van der Waals surface area contributed by atoms with Crippen LogP contribution in [0.25, 0.3) is 10.8 Å². The number of aliphatic carboxylic acids is 1. The molecule has 1 unspecified atom stereocenters. The fraction of sp³-hybridized carbons (Fsp3) is 0.361. The molecule has 4 rings (SSSR count). The minimum atomic E-state index is -1.23. The van der Waals surface area contributed by atoms with Gasteiger partial charge in [0.2, 0.25) is 35.4 Å². The molecule has 270 valence electrons. The first kappa shape index (κ1) is 38.3. The molecule has 0 aromatic heterocycles. The predicted molar refractivity (Wildman–Crippen MR) is 188 cm³/mol. The van der Waals surface area contributed by atoms with Gasteiger partial charge in [-0.3, -0.25) is 33.6 Å². The average Bonchev–Trinajstić information content (AvgIpc) is 3.12. The molecule has 4 atom stereocenters. The summed E-state index contributed by atoms with van der Waals surface area (Å²) >= 11 is 5.63. The summed E-state index contributed by atoms with van der Waals surface area (Å²) in [6.07, 6.45) is 0.800. The summed E-state index contributed by atoms with van der Waals surface area (Å²) in [5.74, 6) is -5.70. The summed E-state index contributed by atoms with van der Waals surface area (Å²) < 4.78 is 0. The molecule has 14 nitrogen and oxygen atoms in total. The Morgan fingerprint density at radius 2 is 1.47 bits per heavy atom. The number of fused-ring (bicyclic) bond motifs is 1. The highest BCUT2D eigenvalue weighted by molar-refractivity contribution is 6.27. The van der Waals surface area contributed by atoms with Crippen molar-refractivity contribution in [2.75, 3.05) is 12.4 Å². The maximum absolute atomic E-state index is 14.0. The van der Waals surface area contributed by atoms with Gasteiger partial charge < -0.3 is 37.4 Å². The zero-order valence-electron chi connectivity index (χ0n) is 27.8. The number of carbonyl (C=O) groups is 7. The van der Waals surface area contributed by atoms with E-state index in [0.717, 1.165) is 10.8 Å². The molecule has 0 bridgehead atoms. The highest BCUT2D eigenvalue weighted by atomic mass is 35.5. The minimum Gasteiger partial charge on any atom is -0.481 e. The van der Waals surface area contributed by atoms with Crippen LogP contribution in [0.5, 0.6) is 0 Å². The quantitative estimate of drug-likeness (QED) is 0.117. The Hall–Kier alpha value is -5.50. The van der Waals surface area contributed by atoms with Crippen LogP contribution in [0.15, 0.2) is 66.7 Å². The summed E-state index contributed by atoms with van der Waals surface area (Å²) in [5.41, 5.74) is 12.6. The molecule has 0 aliphatic carbocycles. The number of primary amides is 2. The molecule has 1 heterocycles. The number of nitrogens with zero attached hydrogens (tertiary/aromatic N) is 1. The molecular weight excluding hydrogens is 680 g/mol. The Morgan fingerprint density at radius 1 is 0.804 bits per heavy atom. The summed E-state index contributed by atoms with van der Waals surface area (Å²) in [4.78, 5) is 90.3. The fourth-order valence-corrected chi connectivity index (χ4v) is 6.12. The third-order valence-electron chi connectivity index (χ3n) is 8.71. The molecule has 0 radical (unpaired) electrons. The predicted octanol–water partition coefficient (Wildman–Crippen LogP) is 1.15. The Kier molecular flexibility index (Phi) is 13.5. The van der Waals surface area contributed by atoms with Crippen molar-refractivity contribution in [3.63, 3.8) is 0 Å². The van der Waals surface area contributed by atoms with Gasteiger partial charge in [-0.05, 0) is 59.7 Å². The van der Waals surface area contributed by atoms with Gasteiger partial charge in [0.05, 0.1) is 0 Å². The van der Waals surface area contributed by atoms with Gasteiger partial charge in [-0.1, -0.05) is 54.6 Å². The Labute approximate surface area is 299 Å². The van der Waals surface area contributed by atoms with Crippen molar-refractivity contribution in [1.82, 2.24) is 20.9 Å². The van der Waals surface area contributed by atoms with E-state index in [1.807, 2.05) is 42.5 Å². The number of likely N-dealkylation sites (tertiary alicyclic amines) is 1. The summed E-state index contributed by atoms with van der Waals surface area (Å²) in [7, 11) is 0. The number of benzene rings is 3. The van der Waals surface area contributed by atoms with E-state index < -0.39 is 77.9 Å². The largest absolute Gasteiger partial charge is 0.481 e. The second kappa shape index (κ2) is 17.9. The van der Waals surface area contributed by atoms with Crippen LogP contribution in [0.3, 0.4) is 0 Å². The van der Waals surface area contributed by atoms with E-state index in [2.05, 4.69) is 16.0 Å². The van der Waals surface area contributed by atoms with E-state index in [9.17, 15) is 38.7 Å². The molecule has 0 saturated carbocycles. The normalized spacial score (nSPS) is 15.9. The number of alkyl halides is 1. The Balaban J connectivity index is 1.59. The van der Waals surface area contributed by atoms with Gasteiger partial charge in [0.1, 0.15) is 30.0 Å². The van der Waals surface area contributed by atoms with Crippen LogP contribution >= 0.6 is 11.6 Å². The van der Waals surface area contributed by atoms with E-state index in [1.54, 1.807) is 12.1 Å². The first-order valence-electron chi connectivity index (χ1n) is 16.5. The molecule has 1 fully saturated rings. The van der Waals surface area contributed by atoms with Crippen LogP contribution in [-0.2, 0) is 41.6 Å². The molecule has 3 aromatic rings. The molecule has 6 amide bonds. The van der Waals surface area contributed by atoms with Crippen LogP contribution in [0.2, 0.25) is 0 Å². The lowest BCUT2D eigenvalue weighted by atomic mass is 9.97. The number of nitrogens with one attached hydrogen (secondary N) is 3. The monoisotopic (exact) mass is 720 g/mol. The number of carboxylic acid groups (broad SMARTS) is 1. The summed E-state index contributed by atoms with van der Waals surface area (Å²) in [6.45, 7) is 0.164. The second-order valence-electron chi connectivity index (χ2n) is 12.4. The van der Waals surface area contributed by atoms with Crippen molar-refractivity contribution in [3.05, 3.63) is 83.4 Å². The highest BCUT2D eigenvalue weighted by Crippen LogP contribution is 2.21. The number of amides is 6. The number of nitrogens with two attached hydrogens (primary N) is 2. The topological polar surface area (TPSA) is 231 Å². The van der Waals surface area contributed by atoms with Crippen molar-refractivity contribution >= 4 is 63.8 Å². The number of carboxylic acids is 1. The van der Waals surface area contributed by atoms with Gasteiger partial charge in [-0.15, -0.1) is 11.6 Å². The zero-order valence-corrected chi connectivity index (χ0v) is 28.6. The number of halogens is 1. The molecule has 1 aliphatic rings. The molecule has 8 N–H and O–H groups in total. The van der Waals surface area contributed by atoms with E-state index in [0.29, 0.717) is 24.0 Å². The standard InChI is InChI=1S/C36H41ClN6O8/c37-20-30(44)40-26(14-15-31(45)46)36(51)43-16-4-3-7-29(43)35(50)42-28(19-22-10-11-23-5-1-2-6-25(23)17-22)34(49)41-27(33(39)48)18-21-8-12-24(13-9-21)32(38)47/h1-2,5-6,8-13,17,26-29H,3-4,7,14-16,18-20H2,(H2,38,47)(H2,39,48)(H,40,44)(H,41,49)(H,42,50)(H,45,46)/t26-,27-,28?,29-/m0/s1. The van der Waals surface area contributed by atoms with Crippen LogP contribution in [0, 0.1) is 0 Å². The Bertz CT molecular complexity index is 1780. The summed E-state index contributed by atoms with van der Waals surface area (Å²) in [5, 5.41) is 19.0. The molecular formula is C36H41ClN6O8. The molecule has 51 heavy (non-hydrogen) atoms. The van der Waals surface area contributed by atoms with E-state index in [1.165, 1.54) is 17.0 Å². The van der Waals surface area contributed by atoms with Crippen LogP contribution < -0.4 is 27.4 Å². The molecule has 0 spiro atoms. The first-order chi connectivity index (χ1) is 24.4. The van der Waals surface area contributed by atoms with Crippen molar-refractivity contribution in [3.8, 4) is 0 Å². The zero-order chi connectivity index (χ0) is 37.1. The number of rotatable bonds is 16. The van der Waals surface area contributed by atoms with Crippen molar-refractivity contribution in [2.24, 2.45) is 11.5 Å². The third kappa shape index (κ3) is 10.7. The van der Waals surface area contributed by atoms with Gasteiger partial charge in [0.25, 0.3) is 0 Å². The molecule has 3 aromatic carbocycles. The molecule has 1 aliphatic heterocycles. The van der Waals surface area contributed by atoms with Gasteiger partial charge in [0, 0.05) is 31.4 Å². The van der Waals surface area contributed by atoms with Gasteiger partial charge >= 0.3 is 5.97 Å². The van der Waals surface area contributed by atoms with Gasteiger partial charge in [-0.2, -0.15) is 0 Å². The lowest BCUT2D eigenvalue weighted by molar-refractivity contribution is -0.146. The lowest BCUT2D eigenvalue weighted by Gasteiger charge is -2.37. The van der Waals surface area contributed by atoms with Gasteiger partial charge in [-0.25, -0.2) is 0 Å². The van der Waals surface area contributed by atoms with Crippen molar-refractivity contribution in [2.45, 2.75) is 69.1 Å². The minimum absolute atomic E-state index is 0.00653. The van der Waals surface area contributed by atoms with Crippen LogP contribution in [0.4, 0.5) is 0 Å². The second-order valence-corrected chi connectivity index (χ2v) is 12.7. The Morgan fingerprint density at radius 3 is 2.12 bits per heavy atom.